The molecule has 1 fully saturated rings. The van der Waals surface area contributed by atoms with Gasteiger partial charge in [0.2, 0.25) is 0 Å². The minimum absolute atomic E-state index is 0.0243. The number of carbonyl (C=O) groups is 1. The highest BCUT2D eigenvalue weighted by atomic mass is 16.5. The molecule has 2 aliphatic rings. The lowest BCUT2D eigenvalue weighted by Gasteiger charge is -2.21. The van der Waals surface area contributed by atoms with E-state index in [1.54, 1.807) is 0 Å². The molecule has 0 radical (unpaired) electrons. The number of imidazole rings is 1. The predicted molar refractivity (Wildman–Crippen MR) is 81.5 cm³/mol. The molecule has 0 unspecified atom stereocenters. The van der Waals surface area contributed by atoms with Gasteiger partial charge in [0, 0.05) is 6.42 Å². The largest absolute Gasteiger partial charge is 0.394 e. The number of aromatic nitrogens is 2. The van der Waals surface area contributed by atoms with Crippen molar-refractivity contribution in [1.29, 1.82) is 0 Å². The van der Waals surface area contributed by atoms with Gasteiger partial charge in [0.05, 0.1) is 24.7 Å². The highest BCUT2D eigenvalue weighted by Gasteiger charge is 2.37. The summed E-state index contributed by atoms with van der Waals surface area (Å²) in [5, 5.41) is 21.7. The number of nitrogens with one attached hydrogen (secondary N) is 1. The van der Waals surface area contributed by atoms with E-state index in [0.29, 0.717) is 0 Å². The van der Waals surface area contributed by atoms with E-state index in [0.717, 1.165) is 0 Å². The second-order valence-corrected chi connectivity index (χ2v) is 5.39. The van der Waals surface area contributed by atoms with Crippen LogP contribution in [0.5, 0.6) is 0 Å². The number of aliphatic hydroxyl groups is 2. The fourth-order valence-electron chi connectivity index (χ4n) is 2.71. The van der Waals surface area contributed by atoms with Gasteiger partial charge in [-0.05, 0) is 0 Å². The van der Waals surface area contributed by atoms with Crippen molar-refractivity contribution in [2.75, 3.05) is 6.61 Å². The lowest BCUT2D eigenvalue weighted by molar-refractivity contribution is -0.0454. The maximum Gasteiger partial charge on any atom is 0.269 e. The number of hydrogen-bond donors (Lipinski definition) is 6. The van der Waals surface area contributed by atoms with Gasteiger partial charge in [-0.15, -0.1) is 0 Å². The van der Waals surface area contributed by atoms with Gasteiger partial charge in [-0.1, -0.05) is 0 Å². The average Bonchev–Trinajstić information content (AvgIpc) is 3.09. The Morgan fingerprint density at radius 3 is 2.62 bits per heavy atom. The van der Waals surface area contributed by atoms with Crippen molar-refractivity contribution in [3.05, 3.63) is 17.7 Å². The zero-order chi connectivity index (χ0) is 17.4. The van der Waals surface area contributed by atoms with E-state index in [4.69, 9.17) is 21.9 Å². The van der Waals surface area contributed by atoms with Gasteiger partial charge in [0.1, 0.15) is 12.3 Å². The van der Waals surface area contributed by atoms with Crippen molar-refractivity contribution in [1.82, 2.24) is 14.9 Å². The average molecular weight is 338 g/mol. The number of primary amides is 1. The minimum Gasteiger partial charge on any atom is -0.394 e. The first kappa shape index (κ1) is 16.2. The molecule has 3 atom stereocenters. The highest BCUT2D eigenvalue weighted by Crippen LogP contribution is 2.33. The first-order valence-corrected chi connectivity index (χ1v) is 7.15. The van der Waals surface area contributed by atoms with Gasteiger partial charge in [-0.25, -0.2) is 15.0 Å². The molecular weight excluding hydrogens is 320 g/mol. The molecule has 0 aromatic carbocycles. The monoisotopic (exact) mass is 338 g/mol. The molecule has 0 bridgehead atoms. The fourth-order valence-corrected chi connectivity index (χ4v) is 2.71. The number of rotatable bonds is 4. The van der Waals surface area contributed by atoms with E-state index in [9.17, 15) is 15.0 Å². The van der Waals surface area contributed by atoms with Gasteiger partial charge in [-0.3, -0.25) is 10.1 Å². The SMILES string of the molecule is NC(=O)c1ncn([C@H]2C[C@H](O)[C@@H](CO)O2)c1C1N=C(N)NC(N)=N1. The topological polar surface area (TPSA) is 199 Å². The van der Waals surface area contributed by atoms with Gasteiger partial charge >= 0.3 is 0 Å². The Balaban J connectivity index is 2.03. The second-order valence-electron chi connectivity index (χ2n) is 5.39. The maximum absolute atomic E-state index is 11.7. The predicted octanol–water partition coefficient (Wildman–Crippen LogP) is -3.15. The number of aliphatic imine (C=N–C) groups is 2. The van der Waals surface area contributed by atoms with Gasteiger partial charge in [0.15, 0.2) is 23.8 Å². The molecule has 0 spiro atoms. The van der Waals surface area contributed by atoms with Crippen LogP contribution in [0.4, 0.5) is 0 Å². The number of carbonyl (C=O) groups excluding carboxylic acids is 1. The van der Waals surface area contributed by atoms with E-state index in [2.05, 4.69) is 20.3 Å². The summed E-state index contributed by atoms with van der Waals surface area (Å²) in [6.07, 6.45) is -1.68. The lowest BCUT2D eigenvalue weighted by Crippen LogP contribution is -2.44. The molecule has 1 aromatic rings. The van der Waals surface area contributed by atoms with E-state index in [-0.39, 0.29) is 36.3 Å². The van der Waals surface area contributed by atoms with Crippen LogP contribution in [0, 0.1) is 0 Å². The van der Waals surface area contributed by atoms with Crippen molar-refractivity contribution >= 4 is 17.8 Å². The van der Waals surface area contributed by atoms with Crippen LogP contribution < -0.4 is 22.5 Å². The first-order chi connectivity index (χ1) is 11.4. The van der Waals surface area contributed by atoms with Gasteiger partial charge in [0.25, 0.3) is 5.91 Å². The zero-order valence-electron chi connectivity index (χ0n) is 12.5. The molecule has 130 valence electrons. The fraction of sp³-hybridized carbons (Fsp3) is 0.500. The molecule has 24 heavy (non-hydrogen) atoms. The Morgan fingerprint density at radius 2 is 2.08 bits per heavy atom. The lowest BCUT2D eigenvalue weighted by atomic mass is 10.2. The number of guanidine groups is 2. The third kappa shape index (κ3) is 2.77. The van der Waals surface area contributed by atoms with Crippen molar-refractivity contribution < 1.29 is 19.7 Å². The standard InChI is InChI=1S/C12H18N8O4/c13-9(23)7-8(10-17-11(14)19-12(15)18-10)20(3-16-7)6-1-4(22)5(2-21)24-6/h3-6,10,21-22H,1-2H2,(H2,13,23)(H5,14,15,17,18,19)/t4-,5+,6+/m0/s1. The number of nitrogens with zero attached hydrogens (tertiary/aromatic N) is 4. The van der Waals surface area contributed by atoms with Crippen molar-refractivity contribution in [3.8, 4) is 0 Å². The molecular formula is C12H18N8O4. The number of nitrogens with two attached hydrogens (primary N) is 3. The Hall–Kier alpha value is -2.70. The van der Waals surface area contributed by atoms with Crippen LogP contribution in [0.15, 0.2) is 16.3 Å². The van der Waals surface area contributed by atoms with Crippen molar-refractivity contribution in [3.63, 3.8) is 0 Å². The molecule has 0 saturated carbocycles. The molecule has 12 heteroatoms. The van der Waals surface area contributed by atoms with Crippen molar-refractivity contribution in [2.24, 2.45) is 27.2 Å². The number of hydrogen-bond acceptors (Lipinski definition) is 10. The van der Waals surface area contributed by atoms with Crippen LogP contribution in [0.1, 0.15) is 35.0 Å². The molecule has 0 aliphatic carbocycles. The second kappa shape index (κ2) is 6.07. The van der Waals surface area contributed by atoms with Crippen LogP contribution >= 0.6 is 0 Å². The van der Waals surface area contributed by atoms with Crippen LogP contribution in [-0.2, 0) is 4.74 Å². The Bertz CT molecular complexity index is 696. The summed E-state index contributed by atoms with van der Waals surface area (Å²) >= 11 is 0. The number of amides is 1. The molecule has 1 saturated heterocycles. The van der Waals surface area contributed by atoms with Crippen LogP contribution in [0.3, 0.4) is 0 Å². The molecule has 9 N–H and O–H groups in total. The van der Waals surface area contributed by atoms with E-state index in [1.807, 2.05) is 0 Å². The van der Waals surface area contributed by atoms with E-state index < -0.39 is 30.5 Å². The summed E-state index contributed by atoms with van der Waals surface area (Å²) in [5.41, 5.74) is 16.8. The van der Waals surface area contributed by atoms with Crippen LogP contribution in [0.2, 0.25) is 0 Å². The summed E-state index contributed by atoms with van der Waals surface area (Å²) in [6, 6.07) is 0. The molecule has 12 nitrogen and oxygen atoms in total. The smallest absolute Gasteiger partial charge is 0.269 e. The third-order valence-electron chi connectivity index (χ3n) is 3.78. The zero-order valence-corrected chi connectivity index (χ0v) is 12.5. The van der Waals surface area contributed by atoms with Gasteiger partial charge < -0.3 is 36.7 Å². The quantitative estimate of drug-likeness (QED) is 0.330. The molecule has 3 heterocycles. The summed E-state index contributed by atoms with van der Waals surface area (Å²) in [5.74, 6) is -0.727. The molecule has 1 aromatic heterocycles. The molecule has 3 rings (SSSR count). The molecule has 1 amide bonds. The van der Waals surface area contributed by atoms with Crippen LogP contribution in [0.25, 0.3) is 0 Å². The first-order valence-electron chi connectivity index (χ1n) is 7.15. The summed E-state index contributed by atoms with van der Waals surface area (Å²) in [7, 11) is 0. The minimum atomic E-state index is -0.940. The highest BCUT2D eigenvalue weighted by molar-refractivity contribution is 5.99. The molecule has 2 aliphatic heterocycles. The normalized spacial score (nSPS) is 27.5. The summed E-state index contributed by atoms with van der Waals surface area (Å²) in [6.45, 7) is -0.339. The maximum atomic E-state index is 11.7. The van der Waals surface area contributed by atoms with E-state index >= 15 is 0 Å². The van der Waals surface area contributed by atoms with Crippen LogP contribution in [-0.4, -0.2) is 56.4 Å². The van der Waals surface area contributed by atoms with Crippen molar-refractivity contribution in [2.45, 2.75) is 31.0 Å². The van der Waals surface area contributed by atoms with E-state index in [1.165, 1.54) is 10.9 Å². The number of ether oxygens (including phenoxy) is 1. The summed E-state index contributed by atoms with van der Waals surface area (Å²) in [4.78, 5) is 23.8. The Labute approximate surface area is 136 Å². The Morgan fingerprint density at radius 1 is 1.42 bits per heavy atom. The summed E-state index contributed by atoms with van der Waals surface area (Å²) < 4.78 is 7.07. The number of aliphatic hydroxyl groups excluding tert-OH is 2. The Kier molecular flexibility index (Phi) is 4.09. The van der Waals surface area contributed by atoms with Gasteiger partial charge in [-0.2, -0.15) is 0 Å². The third-order valence-corrected chi connectivity index (χ3v) is 3.78.